The van der Waals surface area contributed by atoms with Crippen LogP contribution in [0.2, 0.25) is 0 Å². The number of rotatable bonds is 5. The standard InChI is InChI=1S/C15H18FNOS/c1-4-17-14(15-10(2)8-9-19-15)11-6-5-7-12(18-3)13(11)16/h5-9,14,17H,4H2,1-3H3. The van der Waals surface area contributed by atoms with Crippen LogP contribution >= 0.6 is 11.3 Å². The number of hydrogen-bond donors (Lipinski definition) is 1. The van der Waals surface area contributed by atoms with Gasteiger partial charge in [-0.25, -0.2) is 4.39 Å². The highest BCUT2D eigenvalue weighted by atomic mass is 32.1. The van der Waals surface area contributed by atoms with Gasteiger partial charge in [-0.3, -0.25) is 0 Å². The molecule has 1 N–H and O–H groups in total. The van der Waals surface area contributed by atoms with Gasteiger partial charge in [-0.2, -0.15) is 0 Å². The zero-order valence-electron chi connectivity index (χ0n) is 11.4. The van der Waals surface area contributed by atoms with Gasteiger partial charge in [-0.15, -0.1) is 11.3 Å². The molecule has 2 nitrogen and oxygen atoms in total. The Morgan fingerprint density at radius 3 is 2.74 bits per heavy atom. The molecule has 1 heterocycles. The van der Waals surface area contributed by atoms with Crippen molar-refractivity contribution in [3.8, 4) is 5.75 Å². The van der Waals surface area contributed by atoms with E-state index in [1.165, 1.54) is 12.7 Å². The molecule has 0 fully saturated rings. The summed E-state index contributed by atoms with van der Waals surface area (Å²) in [6.45, 7) is 4.85. The van der Waals surface area contributed by atoms with Gasteiger partial charge in [-0.05, 0) is 36.5 Å². The lowest BCUT2D eigenvalue weighted by molar-refractivity contribution is 0.382. The first-order valence-corrected chi connectivity index (χ1v) is 7.16. The Kier molecular flexibility index (Phi) is 4.56. The lowest BCUT2D eigenvalue weighted by Gasteiger charge is -2.19. The summed E-state index contributed by atoms with van der Waals surface area (Å²) in [5, 5.41) is 5.38. The Morgan fingerprint density at radius 1 is 1.37 bits per heavy atom. The fourth-order valence-corrected chi connectivity index (χ4v) is 3.16. The Bertz CT molecular complexity index is 553. The number of methoxy groups -OCH3 is 1. The van der Waals surface area contributed by atoms with Crippen LogP contribution in [0.1, 0.15) is 29.0 Å². The Labute approximate surface area is 117 Å². The summed E-state index contributed by atoms with van der Waals surface area (Å²) in [4.78, 5) is 1.15. The predicted octanol–water partition coefficient (Wildman–Crippen LogP) is 3.90. The van der Waals surface area contributed by atoms with Gasteiger partial charge in [0.05, 0.1) is 13.2 Å². The summed E-state index contributed by atoms with van der Waals surface area (Å²) < 4.78 is 19.5. The SMILES string of the molecule is CCNC(c1cccc(OC)c1F)c1sccc1C. The fourth-order valence-electron chi connectivity index (χ4n) is 2.14. The summed E-state index contributed by atoms with van der Waals surface area (Å²) in [6, 6.07) is 7.21. The quantitative estimate of drug-likeness (QED) is 0.896. The van der Waals surface area contributed by atoms with Crippen molar-refractivity contribution in [3.05, 3.63) is 51.5 Å². The van der Waals surface area contributed by atoms with Crippen LogP contribution in [0.5, 0.6) is 5.75 Å². The third-order valence-corrected chi connectivity index (χ3v) is 4.18. The molecule has 4 heteroatoms. The van der Waals surface area contributed by atoms with E-state index in [0.29, 0.717) is 5.56 Å². The van der Waals surface area contributed by atoms with Crippen LogP contribution < -0.4 is 10.1 Å². The van der Waals surface area contributed by atoms with E-state index in [0.717, 1.165) is 11.4 Å². The summed E-state index contributed by atoms with van der Waals surface area (Å²) in [5.41, 5.74) is 1.81. The molecule has 0 radical (unpaired) electrons. The third kappa shape index (κ3) is 2.80. The lowest BCUT2D eigenvalue weighted by atomic mass is 10.0. The van der Waals surface area contributed by atoms with Crippen LogP contribution in [0.3, 0.4) is 0 Å². The van der Waals surface area contributed by atoms with E-state index in [2.05, 4.69) is 11.4 Å². The molecule has 1 aromatic heterocycles. The third-order valence-electron chi connectivity index (χ3n) is 3.10. The molecule has 102 valence electrons. The molecule has 0 aliphatic carbocycles. The van der Waals surface area contributed by atoms with E-state index >= 15 is 0 Å². The number of hydrogen-bond acceptors (Lipinski definition) is 3. The number of ether oxygens (including phenoxy) is 1. The van der Waals surface area contributed by atoms with Crippen molar-refractivity contribution < 1.29 is 9.13 Å². The summed E-state index contributed by atoms with van der Waals surface area (Å²) in [5.74, 6) is -0.00152. The van der Waals surface area contributed by atoms with Crippen molar-refractivity contribution in [1.29, 1.82) is 0 Å². The topological polar surface area (TPSA) is 21.3 Å². The smallest absolute Gasteiger partial charge is 0.170 e. The van der Waals surface area contributed by atoms with E-state index in [1.54, 1.807) is 17.4 Å². The molecule has 19 heavy (non-hydrogen) atoms. The average Bonchev–Trinajstić information content (AvgIpc) is 2.83. The number of thiophene rings is 1. The van der Waals surface area contributed by atoms with Gasteiger partial charge in [0.2, 0.25) is 0 Å². The van der Waals surface area contributed by atoms with Gasteiger partial charge in [0.25, 0.3) is 0 Å². The van der Waals surface area contributed by atoms with Crippen molar-refractivity contribution in [2.24, 2.45) is 0 Å². The molecule has 0 saturated carbocycles. The molecule has 0 amide bonds. The van der Waals surface area contributed by atoms with Gasteiger partial charge in [0.15, 0.2) is 11.6 Å². The maximum Gasteiger partial charge on any atom is 0.170 e. The fraction of sp³-hybridized carbons (Fsp3) is 0.333. The van der Waals surface area contributed by atoms with Crippen molar-refractivity contribution in [2.75, 3.05) is 13.7 Å². The van der Waals surface area contributed by atoms with Crippen LogP contribution in [0.25, 0.3) is 0 Å². The number of aryl methyl sites for hydroxylation is 1. The number of nitrogens with one attached hydrogen (secondary N) is 1. The number of benzene rings is 1. The van der Waals surface area contributed by atoms with Crippen LogP contribution in [0.4, 0.5) is 4.39 Å². The van der Waals surface area contributed by atoms with E-state index in [1.807, 2.05) is 31.4 Å². The highest BCUT2D eigenvalue weighted by molar-refractivity contribution is 7.10. The monoisotopic (exact) mass is 279 g/mol. The van der Waals surface area contributed by atoms with E-state index < -0.39 is 0 Å². The van der Waals surface area contributed by atoms with E-state index in [-0.39, 0.29) is 17.6 Å². The summed E-state index contributed by atoms with van der Waals surface area (Å²) >= 11 is 1.64. The van der Waals surface area contributed by atoms with Gasteiger partial charge < -0.3 is 10.1 Å². The summed E-state index contributed by atoms with van der Waals surface area (Å²) in [6.07, 6.45) is 0. The second-order valence-corrected chi connectivity index (χ2v) is 5.27. The normalized spacial score (nSPS) is 12.4. The van der Waals surface area contributed by atoms with Crippen LogP contribution in [0, 0.1) is 12.7 Å². The molecule has 0 aliphatic rings. The van der Waals surface area contributed by atoms with Gasteiger partial charge >= 0.3 is 0 Å². The zero-order chi connectivity index (χ0) is 13.8. The average molecular weight is 279 g/mol. The Balaban J connectivity index is 2.48. The molecule has 1 unspecified atom stereocenters. The van der Waals surface area contributed by atoms with Crippen LogP contribution in [-0.2, 0) is 0 Å². The van der Waals surface area contributed by atoms with E-state index in [9.17, 15) is 4.39 Å². The van der Waals surface area contributed by atoms with Crippen molar-refractivity contribution in [3.63, 3.8) is 0 Å². The lowest BCUT2D eigenvalue weighted by Crippen LogP contribution is -2.23. The van der Waals surface area contributed by atoms with Crippen molar-refractivity contribution in [1.82, 2.24) is 5.32 Å². The highest BCUT2D eigenvalue weighted by Gasteiger charge is 2.21. The largest absolute Gasteiger partial charge is 0.494 e. The van der Waals surface area contributed by atoms with Gasteiger partial charge in [0.1, 0.15) is 0 Å². The maximum absolute atomic E-state index is 14.4. The highest BCUT2D eigenvalue weighted by Crippen LogP contribution is 2.33. The second-order valence-electron chi connectivity index (χ2n) is 4.32. The van der Waals surface area contributed by atoms with Crippen LogP contribution in [-0.4, -0.2) is 13.7 Å². The minimum atomic E-state index is -0.288. The zero-order valence-corrected chi connectivity index (χ0v) is 12.2. The van der Waals surface area contributed by atoms with Crippen molar-refractivity contribution in [2.45, 2.75) is 19.9 Å². The molecular weight excluding hydrogens is 261 g/mol. The first-order valence-electron chi connectivity index (χ1n) is 6.28. The molecular formula is C15H18FNOS. The molecule has 2 rings (SSSR count). The first kappa shape index (κ1) is 14.0. The van der Waals surface area contributed by atoms with Crippen molar-refractivity contribution >= 4 is 11.3 Å². The maximum atomic E-state index is 14.4. The number of halogens is 1. The van der Waals surface area contributed by atoms with Gasteiger partial charge in [0, 0.05) is 10.4 Å². The molecule has 1 aromatic carbocycles. The Hall–Kier alpha value is -1.39. The molecule has 0 bridgehead atoms. The van der Waals surface area contributed by atoms with Crippen LogP contribution in [0.15, 0.2) is 29.6 Å². The molecule has 0 saturated heterocycles. The second kappa shape index (κ2) is 6.17. The minimum absolute atomic E-state index is 0.125. The molecule has 2 aromatic rings. The Morgan fingerprint density at radius 2 is 2.16 bits per heavy atom. The molecule has 0 spiro atoms. The molecule has 0 aliphatic heterocycles. The van der Waals surface area contributed by atoms with E-state index in [4.69, 9.17) is 4.74 Å². The first-order chi connectivity index (χ1) is 9.19. The minimum Gasteiger partial charge on any atom is -0.494 e. The summed E-state index contributed by atoms with van der Waals surface area (Å²) in [7, 11) is 1.49. The van der Waals surface area contributed by atoms with Gasteiger partial charge in [-0.1, -0.05) is 19.1 Å². The predicted molar refractivity (Wildman–Crippen MR) is 77.5 cm³/mol. The molecule has 1 atom stereocenters.